The summed E-state index contributed by atoms with van der Waals surface area (Å²) in [5, 5.41) is 3.95. The second-order valence-electron chi connectivity index (χ2n) is 7.15. The number of nitrogens with zero attached hydrogens (tertiary/aromatic N) is 1. The molecule has 1 unspecified atom stereocenters. The van der Waals surface area contributed by atoms with Gasteiger partial charge in [-0.05, 0) is 41.3 Å². The maximum Gasteiger partial charge on any atom is 0.301 e. The summed E-state index contributed by atoms with van der Waals surface area (Å²) >= 11 is 1.59. The van der Waals surface area contributed by atoms with Crippen molar-refractivity contribution in [2.75, 3.05) is 7.05 Å². The molecule has 3 aromatic rings. The molecule has 4 rings (SSSR count). The van der Waals surface area contributed by atoms with Crippen molar-refractivity contribution in [1.29, 1.82) is 0 Å². The maximum atomic E-state index is 14.2. The van der Waals surface area contributed by atoms with E-state index in [4.69, 9.17) is 0 Å². The van der Waals surface area contributed by atoms with Gasteiger partial charge in [-0.25, -0.2) is 4.39 Å². The Hall–Kier alpha value is -2.66. The summed E-state index contributed by atoms with van der Waals surface area (Å²) in [6, 6.07) is 15.7. The molecule has 0 spiro atoms. The van der Waals surface area contributed by atoms with Crippen molar-refractivity contribution in [2.45, 2.75) is 18.8 Å². The molecule has 2 aromatic carbocycles. The van der Waals surface area contributed by atoms with Crippen LogP contribution < -0.4 is 0 Å². The van der Waals surface area contributed by atoms with Crippen LogP contribution in [0.1, 0.15) is 23.8 Å². The van der Waals surface area contributed by atoms with Crippen molar-refractivity contribution in [3.8, 4) is 0 Å². The normalized spacial score (nSPS) is 18.9. The van der Waals surface area contributed by atoms with Gasteiger partial charge in [-0.2, -0.15) is 13.4 Å². The van der Waals surface area contributed by atoms with Crippen LogP contribution >= 0.6 is 11.3 Å². The Morgan fingerprint density at radius 3 is 2.54 bits per heavy atom. The fraction of sp³-hybridized carbons (Fsp3) is 0.174. The van der Waals surface area contributed by atoms with Crippen LogP contribution in [-0.2, 0) is 5.41 Å². The fourth-order valence-electron chi connectivity index (χ4n) is 4.15. The number of benzene rings is 2. The minimum absolute atomic E-state index is 0.384. The van der Waals surface area contributed by atoms with Crippen molar-refractivity contribution < 1.29 is 17.7 Å². The molecule has 0 saturated heterocycles. The Labute approximate surface area is 165 Å². The molecule has 142 valence electrons. The lowest BCUT2D eigenvalue weighted by atomic mass is 9.74. The summed E-state index contributed by atoms with van der Waals surface area (Å²) in [5.41, 5.74) is 1.68. The molecule has 1 aliphatic heterocycles. The maximum absolute atomic E-state index is 14.2. The zero-order valence-electron chi connectivity index (χ0n) is 15.5. The van der Waals surface area contributed by atoms with E-state index in [9.17, 15) is 13.2 Å². The van der Waals surface area contributed by atoms with Gasteiger partial charge in [0.25, 0.3) is 0 Å². The van der Waals surface area contributed by atoms with E-state index in [1.165, 1.54) is 0 Å². The number of thiophene rings is 1. The Morgan fingerprint density at radius 1 is 1.04 bits per heavy atom. The topological polar surface area (TPSA) is 3.01 Å². The number of hydrogen-bond donors (Lipinski definition) is 0. The lowest BCUT2D eigenvalue weighted by molar-refractivity contribution is -0.401. The van der Waals surface area contributed by atoms with Crippen LogP contribution in [0, 0.1) is 0 Å². The van der Waals surface area contributed by atoms with Crippen LogP contribution in [0.25, 0.3) is 16.8 Å². The molecule has 0 radical (unpaired) electrons. The average molecular weight is 398 g/mol. The summed E-state index contributed by atoms with van der Waals surface area (Å²) in [5.74, 6) is -1.36. The first kappa shape index (κ1) is 18.7. The molecule has 28 heavy (non-hydrogen) atoms. The van der Waals surface area contributed by atoms with Crippen LogP contribution in [0.5, 0.6) is 0 Å². The third-order valence-electron chi connectivity index (χ3n) is 5.41. The molecule has 0 amide bonds. The molecule has 1 atom stereocenters. The standard InChI is InChI=1S/C23H19F3NS/c1-23(14-18(24)22(25)26)20(12-10-16-7-5-13-28-16)27(2)19-11-9-15-6-3-4-8-17(15)21(19)23/h3-13H,14H2,1-2H3/q+1/b12-10+. The van der Waals surface area contributed by atoms with Crippen molar-refractivity contribution in [1.82, 2.24) is 0 Å². The highest BCUT2D eigenvalue weighted by Crippen LogP contribution is 2.47. The van der Waals surface area contributed by atoms with E-state index in [0.717, 1.165) is 32.6 Å². The summed E-state index contributed by atoms with van der Waals surface area (Å²) in [7, 11) is 1.90. The Bertz CT molecular complexity index is 1140. The van der Waals surface area contributed by atoms with Crippen LogP contribution in [0.3, 0.4) is 0 Å². The lowest BCUT2D eigenvalue weighted by Crippen LogP contribution is -2.31. The van der Waals surface area contributed by atoms with E-state index < -0.39 is 17.3 Å². The number of halogens is 3. The van der Waals surface area contributed by atoms with Gasteiger partial charge in [0.05, 0.1) is 5.41 Å². The molecule has 0 saturated carbocycles. The van der Waals surface area contributed by atoms with E-state index in [1.54, 1.807) is 11.3 Å². The molecule has 1 nitrogen and oxygen atoms in total. The summed E-state index contributed by atoms with van der Waals surface area (Å²) in [6.07, 6.45) is 1.24. The molecule has 0 N–H and O–H groups in total. The first-order valence-corrected chi connectivity index (χ1v) is 9.84. The quantitative estimate of drug-likeness (QED) is 0.414. The molecular weight excluding hydrogens is 379 g/mol. The third kappa shape index (κ3) is 3.00. The van der Waals surface area contributed by atoms with Gasteiger partial charge in [0, 0.05) is 29.0 Å². The van der Waals surface area contributed by atoms with Gasteiger partial charge in [-0.3, -0.25) is 0 Å². The predicted molar refractivity (Wildman–Crippen MR) is 110 cm³/mol. The molecular formula is C23H19F3NS+. The SMILES string of the molecule is C[N+]1=C(/C=C/c2cccs2)C(C)(CC(F)=C(F)F)c2c1ccc1ccccc21. The number of fused-ring (bicyclic) bond motifs is 3. The van der Waals surface area contributed by atoms with Gasteiger partial charge in [0.1, 0.15) is 7.05 Å². The monoisotopic (exact) mass is 398 g/mol. The fourth-order valence-corrected chi connectivity index (χ4v) is 4.76. The summed E-state index contributed by atoms with van der Waals surface area (Å²) < 4.78 is 42.3. The van der Waals surface area contributed by atoms with Gasteiger partial charge in [-0.1, -0.05) is 30.3 Å². The molecule has 0 bridgehead atoms. The van der Waals surface area contributed by atoms with Crippen molar-refractivity contribution in [3.63, 3.8) is 0 Å². The molecule has 5 heteroatoms. The van der Waals surface area contributed by atoms with Gasteiger partial charge in [0.2, 0.25) is 5.69 Å². The van der Waals surface area contributed by atoms with Crippen molar-refractivity contribution >= 4 is 39.6 Å². The third-order valence-corrected chi connectivity index (χ3v) is 6.25. The highest BCUT2D eigenvalue weighted by molar-refractivity contribution is 7.10. The number of allylic oxidation sites excluding steroid dienone is 2. The van der Waals surface area contributed by atoms with Gasteiger partial charge in [-0.15, -0.1) is 11.3 Å². The molecule has 0 fully saturated rings. The van der Waals surface area contributed by atoms with Crippen LogP contribution in [0.2, 0.25) is 0 Å². The first-order chi connectivity index (χ1) is 13.4. The highest BCUT2D eigenvalue weighted by atomic mass is 32.1. The largest absolute Gasteiger partial charge is 0.301 e. The van der Waals surface area contributed by atoms with Crippen molar-refractivity contribution in [3.05, 3.63) is 82.3 Å². The molecule has 1 aromatic heterocycles. The van der Waals surface area contributed by atoms with Crippen LogP contribution in [0.15, 0.2) is 71.9 Å². The zero-order valence-corrected chi connectivity index (χ0v) is 16.4. The van der Waals surface area contributed by atoms with Gasteiger partial charge >= 0.3 is 6.08 Å². The van der Waals surface area contributed by atoms with E-state index >= 15 is 0 Å². The molecule has 1 aliphatic rings. The Morgan fingerprint density at radius 2 is 1.82 bits per heavy atom. The van der Waals surface area contributed by atoms with Crippen molar-refractivity contribution in [2.24, 2.45) is 0 Å². The van der Waals surface area contributed by atoms with Crippen LogP contribution in [-0.4, -0.2) is 17.3 Å². The Kier molecular flexibility index (Phi) is 4.71. The zero-order chi connectivity index (χ0) is 19.9. The van der Waals surface area contributed by atoms with Gasteiger partial charge < -0.3 is 0 Å². The summed E-state index contributed by atoms with van der Waals surface area (Å²) in [6.45, 7) is 1.85. The van der Waals surface area contributed by atoms with E-state index in [0.29, 0.717) is 0 Å². The first-order valence-electron chi connectivity index (χ1n) is 8.96. The molecule has 0 aliphatic carbocycles. The van der Waals surface area contributed by atoms with Gasteiger partial charge in [0.15, 0.2) is 11.5 Å². The minimum Gasteiger partial charge on any atom is -0.206 e. The lowest BCUT2D eigenvalue weighted by Gasteiger charge is -2.22. The highest BCUT2D eigenvalue weighted by Gasteiger charge is 2.48. The van der Waals surface area contributed by atoms with Crippen LogP contribution in [0.4, 0.5) is 18.9 Å². The summed E-state index contributed by atoms with van der Waals surface area (Å²) in [4.78, 5) is 1.05. The number of hydrogen-bond acceptors (Lipinski definition) is 1. The van der Waals surface area contributed by atoms with E-state index in [2.05, 4.69) is 0 Å². The average Bonchev–Trinajstić information content (AvgIpc) is 3.26. The predicted octanol–water partition coefficient (Wildman–Crippen LogP) is 7.07. The van der Waals surface area contributed by atoms with E-state index in [1.807, 2.05) is 84.6 Å². The second kappa shape index (κ2) is 7.06. The second-order valence-corrected chi connectivity index (χ2v) is 8.13. The number of rotatable bonds is 4. The van der Waals surface area contributed by atoms with E-state index in [-0.39, 0.29) is 6.42 Å². The minimum atomic E-state index is -2.25. The Balaban J connectivity index is 1.95. The smallest absolute Gasteiger partial charge is 0.206 e. The molecule has 2 heterocycles.